The summed E-state index contributed by atoms with van der Waals surface area (Å²) in [6.07, 6.45) is 2.81. The predicted molar refractivity (Wildman–Crippen MR) is 120 cm³/mol. The van der Waals surface area contributed by atoms with Gasteiger partial charge in [-0.3, -0.25) is 4.79 Å². The van der Waals surface area contributed by atoms with E-state index in [0.717, 1.165) is 30.4 Å². The van der Waals surface area contributed by atoms with Crippen LogP contribution in [0, 0.1) is 12.8 Å². The Morgan fingerprint density at radius 1 is 1.07 bits per heavy atom. The minimum absolute atomic E-state index is 0.0276. The van der Waals surface area contributed by atoms with Crippen molar-refractivity contribution in [3.05, 3.63) is 71.3 Å². The van der Waals surface area contributed by atoms with Crippen LogP contribution in [0.25, 0.3) is 0 Å². The maximum Gasteiger partial charge on any atom is 0.227 e. The van der Waals surface area contributed by atoms with Crippen LogP contribution >= 0.6 is 0 Å². The van der Waals surface area contributed by atoms with Gasteiger partial charge in [-0.25, -0.2) is 12.7 Å². The molecule has 162 valence electrons. The molecule has 1 amide bonds. The Morgan fingerprint density at radius 2 is 1.77 bits per heavy atom. The van der Waals surface area contributed by atoms with Crippen molar-refractivity contribution in [1.29, 1.82) is 0 Å². The van der Waals surface area contributed by atoms with Crippen molar-refractivity contribution in [3.8, 4) is 0 Å². The van der Waals surface area contributed by atoms with E-state index in [0.29, 0.717) is 26.1 Å². The topological polar surface area (TPSA) is 57.7 Å². The molecule has 0 unspecified atom stereocenters. The number of carbonyl (C=O) groups is 1. The third kappa shape index (κ3) is 6.16. The molecule has 0 radical (unpaired) electrons. The third-order valence-electron chi connectivity index (χ3n) is 5.75. The van der Waals surface area contributed by atoms with Crippen LogP contribution in [0.5, 0.6) is 0 Å². The van der Waals surface area contributed by atoms with Crippen LogP contribution in [0.2, 0.25) is 0 Å². The Labute approximate surface area is 180 Å². The zero-order chi connectivity index (χ0) is 21.6. The van der Waals surface area contributed by atoms with Crippen molar-refractivity contribution in [3.63, 3.8) is 0 Å². The number of sulfonamides is 1. The molecule has 1 atom stereocenters. The number of nitrogens with zero attached hydrogens (tertiary/aromatic N) is 2. The first-order valence-corrected chi connectivity index (χ1v) is 12.3. The third-order valence-corrected chi connectivity index (χ3v) is 7.68. The van der Waals surface area contributed by atoms with Gasteiger partial charge >= 0.3 is 0 Å². The van der Waals surface area contributed by atoms with Crippen LogP contribution in [0.4, 0.5) is 0 Å². The van der Waals surface area contributed by atoms with E-state index in [-0.39, 0.29) is 17.6 Å². The average Bonchev–Trinajstić information content (AvgIpc) is 2.75. The SMILES string of the molecule is Cc1ccc(CN(C)C(=O)[C@@H]2CCCN(S(=O)(=O)CCCc3ccccc3)C2)cc1. The molecule has 0 spiro atoms. The van der Waals surface area contributed by atoms with Crippen molar-refractivity contribution in [2.75, 3.05) is 25.9 Å². The summed E-state index contributed by atoms with van der Waals surface area (Å²) in [5.41, 5.74) is 3.42. The number of benzene rings is 2. The zero-order valence-corrected chi connectivity index (χ0v) is 18.8. The lowest BCUT2D eigenvalue weighted by Gasteiger charge is -2.33. The summed E-state index contributed by atoms with van der Waals surface area (Å²) < 4.78 is 27.2. The normalized spacial score (nSPS) is 17.6. The number of amides is 1. The number of rotatable bonds is 8. The number of aryl methyl sites for hydroxylation is 2. The quantitative estimate of drug-likeness (QED) is 0.645. The predicted octanol–water partition coefficient (Wildman–Crippen LogP) is 3.63. The van der Waals surface area contributed by atoms with Gasteiger partial charge in [0.05, 0.1) is 11.7 Å². The Bertz CT molecular complexity index is 927. The molecular formula is C24H32N2O3S. The average molecular weight is 429 g/mol. The van der Waals surface area contributed by atoms with Gasteiger partial charge < -0.3 is 4.90 Å². The van der Waals surface area contributed by atoms with Crippen LogP contribution in [0.3, 0.4) is 0 Å². The summed E-state index contributed by atoms with van der Waals surface area (Å²) in [5, 5.41) is 0. The molecule has 3 rings (SSSR count). The summed E-state index contributed by atoms with van der Waals surface area (Å²) in [6, 6.07) is 18.1. The molecular weight excluding hydrogens is 396 g/mol. The van der Waals surface area contributed by atoms with E-state index in [1.807, 2.05) is 61.5 Å². The van der Waals surface area contributed by atoms with Gasteiger partial charge in [0.1, 0.15) is 0 Å². The molecule has 30 heavy (non-hydrogen) atoms. The fourth-order valence-electron chi connectivity index (χ4n) is 3.99. The van der Waals surface area contributed by atoms with E-state index in [1.165, 1.54) is 9.87 Å². The van der Waals surface area contributed by atoms with Crippen molar-refractivity contribution >= 4 is 15.9 Å². The van der Waals surface area contributed by atoms with E-state index in [2.05, 4.69) is 0 Å². The van der Waals surface area contributed by atoms with E-state index in [9.17, 15) is 13.2 Å². The minimum atomic E-state index is -3.35. The second-order valence-electron chi connectivity index (χ2n) is 8.28. The molecule has 0 bridgehead atoms. The molecule has 0 aromatic heterocycles. The fourth-order valence-corrected chi connectivity index (χ4v) is 5.57. The zero-order valence-electron chi connectivity index (χ0n) is 18.0. The molecule has 2 aromatic carbocycles. The highest BCUT2D eigenvalue weighted by Gasteiger charge is 2.33. The molecule has 2 aromatic rings. The molecule has 1 fully saturated rings. The van der Waals surface area contributed by atoms with Crippen molar-refractivity contribution in [1.82, 2.24) is 9.21 Å². The Hall–Kier alpha value is -2.18. The molecule has 0 aliphatic carbocycles. The maximum atomic E-state index is 12.9. The molecule has 5 nitrogen and oxygen atoms in total. The van der Waals surface area contributed by atoms with Gasteiger partial charge in [0.2, 0.25) is 15.9 Å². The highest BCUT2D eigenvalue weighted by Crippen LogP contribution is 2.22. The van der Waals surface area contributed by atoms with Crippen molar-refractivity contribution in [2.45, 2.75) is 39.2 Å². The molecule has 6 heteroatoms. The highest BCUT2D eigenvalue weighted by molar-refractivity contribution is 7.89. The van der Waals surface area contributed by atoms with Gasteiger partial charge in [-0.15, -0.1) is 0 Å². The van der Waals surface area contributed by atoms with Crippen molar-refractivity contribution in [2.24, 2.45) is 5.92 Å². The van der Waals surface area contributed by atoms with E-state index in [4.69, 9.17) is 0 Å². The molecule has 1 aliphatic rings. The number of hydrogen-bond donors (Lipinski definition) is 0. The number of carbonyl (C=O) groups excluding carboxylic acids is 1. The molecule has 1 heterocycles. The summed E-state index contributed by atoms with van der Waals surface area (Å²) >= 11 is 0. The lowest BCUT2D eigenvalue weighted by Crippen LogP contribution is -2.46. The molecule has 1 aliphatic heterocycles. The Kier molecular flexibility index (Phi) is 7.67. The lowest BCUT2D eigenvalue weighted by molar-refractivity contribution is -0.135. The highest BCUT2D eigenvalue weighted by atomic mass is 32.2. The summed E-state index contributed by atoms with van der Waals surface area (Å²) in [7, 11) is -1.55. The summed E-state index contributed by atoms with van der Waals surface area (Å²) in [4.78, 5) is 14.7. The maximum absolute atomic E-state index is 12.9. The largest absolute Gasteiger partial charge is 0.341 e. The van der Waals surface area contributed by atoms with Gasteiger partial charge in [0, 0.05) is 26.7 Å². The monoisotopic (exact) mass is 428 g/mol. The van der Waals surface area contributed by atoms with Crippen LogP contribution in [-0.2, 0) is 27.8 Å². The fraction of sp³-hybridized carbons (Fsp3) is 0.458. The second kappa shape index (κ2) is 10.2. The minimum Gasteiger partial charge on any atom is -0.341 e. The van der Waals surface area contributed by atoms with Gasteiger partial charge in [-0.1, -0.05) is 60.2 Å². The second-order valence-corrected chi connectivity index (χ2v) is 10.4. The van der Waals surface area contributed by atoms with Crippen LogP contribution in [-0.4, -0.2) is 49.4 Å². The lowest BCUT2D eigenvalue weighted by atomic mass is 9.98. The van der Waals surface area contributed by atoms with Crippen LogP contribution in [0.15, 0.2) is 54.6 Å². The van der Waals surface area contributed by atoms with E-state index in [1.54, 1.807) is 11.9 Å². The Morgan fingerprint density at radius 3 is 2.47 bits per heavy atom. The molecule has 1 saturated heterocycles. The first-order valence-electron chi connectivity index (χ1n) is 10.7. The number of piperidine rings is 1. The van der Waals surface area contributed by atoms with Crippen LogP contribution in [0.1, 0.15) is 36.0 Å². The van der Waals surface area contributed by atoms with E-state index >= 15 is 0 Å². The molecule has 0 saturated carbocycles. The summed E-state index contributed by atoms with van der Waals surface area (Å²) in [5.74, 6) is -0.111. The standard InChI is InChI=1S/C24H32N2O3S/c1-20-12-14-22(15-13-20)18-25(2)24(27)23-11-6-16-26(19-23)30(28,29)17-7-10-21-8-4-3-5-9-21/h3-5,8-9,12-15,23H,6-7,10-11,16-19H2,1-2H3/t23-/m1/s1. The Balaban J connectivity index is 1.53. The first-order chi connectivity index (χ1) is 14.3. The molecule has 0 N–H and O–H groups in total. The first kappa shape index (κ1) is 22.5. The van der Waals surface area contributed by atoms with Gasteiger partial charge in [0.25, 0.3) is 0 Å². The van der Waals surface area contributed by atoms with Gasteiger partial charge in [-0.05, 0) is 43.7 Å². The van der Waals surface area contributed by atoms with Crippen molar-refractivity contribution < 1.29 is 13.2 Å². The summed E-state index contributed by atoms with van der Waals surface area (Å²) in [6.45, 7) is 3.39. The smallest absolute Gasteiger partial charge is 0.227 e. The van der Waals surface area contributed by atoms with Crippen LogP contribution < -0.4 is 0 Å². The van der Waals surface area contributed by atoms with Gasteiger partial charge in [0.15, 0.2) is 0 Å². The number of hydrogen-bond acceptors (Lipinski definition) is 3. The van der Waals surface area contributed by atoms with Gasteiger partial charge in [-0.2, -0.15) is 0 Å². The van der Waals surface area contributed by atoms with E-state index < -0.39 is 10.0 Å².